The summed E-state index contributed by atoms with van der Waals surface area (Å²) >= 11 is 1.55. The summed E-state index contributed by atoms with van der Waals surface area (Å²) < 4.78 is 1.15. The number of fused-ring (bicyclic) bond motifs is 1. The molecule has 0 aliphatic heterocycles. The lowest BCUT2D eigenvalue weighted by molar-refractivity contribution is 0.0627. The van der Waals surface area contributed by atoms with Crippen molar-refractivity contribution >= 4 is 27.3 Å². The second-order valence-electron chi connectivity index (χ2n) is 5.24. The number of nitrogens with zero attached hydrogens (tertiary/aromatic N) is 1. The molecule has 1 aromatic heterocycles. The summed E-state index contributed by atoms with van der Waals surface area (Å²) in [5, 5.41) is 10.4. The van der Waals surface area contributed by atoms with Crippen molar-refractivity contribution in [2.24, 2.45) is 0 Å². The molecule has 3 nitrogen and oxygen atoms in total. The van der Waals surface area contributed by atoms with E-state index in [4.69, 9.17) is 0 Å². The van der Waals surface area contributed by atoms with Gasteiger partial charge in [0.1, 0.15) is 0 Å². The molecular formula is C17H23NO2S. The standard InChI is InChI=1S/C17H23NO2S/c1-4-13(5-2)18(10-11-19)17(20)16-12(3)14-8-6-7-9-15(14)21-16/h6-9,13,19H,4-5,10-11H2,1-3H3. The fraction of sp³-hybridized carbons (Fsp3) is 0.471. The van der Waals surface area contributed by atoms with Gasteiger partial charge >= 0.3 is 0 Å². The van der Waals surface area contributed by atoms with E-state index in [0.717, 1.165) is 33.4 Å². The van der Waals surface area contributed by atoms with Crippen LogP contribution >= 0.6 is 11.3 Å². The van der Waals surface area contributed by atoms with E-state index in [0.29, 0.717) is 6.54 Å². The maximum Gasteiger partial charge on any atom is 0.264 e. The zero-order valence-corrected chi connectivity index (χ0v) is 13.7. The number of aryl methyl sites for hydroxylation is 1. The van der Waals surface area contributed by atoms with Crippen LogP contribution in [0.15, 0.2) is 24.3 Å². The van der Waals surface area contributed by atoms with Crippen LogP contribution in [0.5, 0.6) is 0 Å². The molecule has 2 rings (SSSR count). The van der Waals surface area contributed by atoms with Gasteiger partial charge in [-0.3, -0.25) is 4.79 Å². The summed E-state index contributed by atoms with van der Waals surface area (Å²) in [5.74, 6) is 0.0523. The maximum atomic E-state index is 12.9. The van der Waals surface area contributed by atoms with Crippen LogP contribution in [0.4, 0.5) is 0 Å². The molecule has 0 atom stereocenters. The second kappa shape index (κ2) is 7.05. The molecule has 0 aliphatic rings. The van der Waals surface area contributed by atoms with E-state index in [1.54, 1.807) is 11.3 Å². The smallest absolute Gasteiger partial charge is 0.264 e. The van der Waals surface area contributed by atoms with Gasteiger partial charge in [0.25, 0.3) is 5.91 Å². The molecule has 1 N–H and O–H groups in total. The van der Waals surface area contributed by atoms with Gasteiger partial charge in [-0.1, -0.05) is 32.0 Å². The minimum absolute atomic E-state index is 0.00613. The fourth-order valence-electron chi connectivity index (χ4n) is 2.80. The van der Waals surface area contributed by atoms with Gasteiger partial charge in [0.15, 0.2) is 0 Å². The van der Waals surface area contributed by atoms with Crippen LogP contribution in [0.3, 0.4) is 0 Å². The van der Waals surface area contributed by atoms with Gasteiger partial charge in [0.05, 0.1) is 11.5 Å². The Morgan fingerprint density at radius 3 is 2.52 bits per heavy atom. The van der Waals surface area contributed by atoms with Gasteiger partial charge in [-0.15, -0.1) is 11.3 Å². The number of hydrogen-bond donors (Lipinski definition) is 1. The first-order valence-electron chi connectivity index (χ1n) is 7.53. The van der Waals surface area contributed by atoms with E-state index < -0.39 is 0 Å². The highest BCUT2D eigenvalue weighted by Crippen LogP contribution is 2.32. The van der Waals surface area contributed by atoms with Crippen molar-refractivity contribution in [3.8, 4) is 0 Å². The molecule has 0 aliphatic carbocycles. The molecule has 0 fully saturated rings. The average molecular weight is 305 g/mol. The summed E-state index contributed by atoms with van der Waals surface area (Å²) in [7, 11) is 0. The molecule has 21 heavy (non-hydrogen) atoms. The topological polar surface area (TPSA) is 40.5 Å². The molecule has 1 heterocycles. The van der Waals surface area contributed by atoms with E-state index in [-0.39, 0.29) is 18.6 Å². The maximum absolute atomic E-state index is 12.9. The van der Waals surface area contributed by atoms with Crippen LogP contribution in [0.2, 0.25) is 0 Å². The molecule has 114 valence electrons. The SMILES string of the molecule is CCC(CC)N(CCO)C(=O)c1sc2ccccc2c1C. The number of aliphatic hydroxyl groups excluding tert-OH is 1. The summed E-state index contributed by atoms with van der Waals surface area (Å²) in [6.45, 7) is 6.59. The van der Waals surface area contributed by atoms with Crippen molar-refractivity contribution in [3.63, 3.8) is 0 Å². The molecule has 1 amide bonds. The van der Waals surface area contributed by atoms with E-state index in [2.05, 4.69) is 26.0 Å². The molecule has 2 aromatic rings. The normalized spacial score (nSPS) is 11.3. The molecule has 0 bridgehead atoms. The van der Waals surface area contributed by atoms with Crippen LogP contribution in [0.25, 0.3) is 10.1 Å². The van der Waals surface area contributed by atoms with Crippen molar-refractivity contribution in [3.05, 3.63) is 34.7 Å². The lowest BCUT2D eigenvalue weighted by atomic mass is 10.1. The highest BCUT2D eigenvalue weighted by molar-refractivity contribution is 7.21. The van der Waals surface area contributed by atoms with E-state index in [9.17, 15) is 9.90 Å². The van der Waals surface area contributed by atoms with Gasteiger partial charge in [-0.2, -0.15) is 0 Å². The minimum Gasteiger partial charge on any atom is -0.395 e. The zero-order chi connectivity index (χ0) is 15.4. The molecule has 0 saturated carbocycles. The number of rotatable bonds is 6. The lowest BCUT2D eigenvalue weighted by Crippen LogP contribution is -2.41. The Hall–Kier alpha value is -1.39. The minimum atomic E-state index is 0.00613. The predicted octanol–water partition coefficient (Wildman–Crippen LogP) is 3.83. The molecule has 0 spiro atoms. The number of benzene rings is 1. The highest BCUT2D eigenvalue weighted by atomic mass is 32.1. The Kier molecular flexibility index (Phi) is 5.37. The van der Waals surface area contributed by atoms with Crippen molar-refractivity contribution in [1.82, 2.24) is 4.90 Å². The number of hydrogen-bond acceptors (Lipinski definition) is 3. The summed E-state index contributed by atoms with van der Waals surface area (Å²) in [6, 6.07) is 8.30. The Balaban J connectivity index is 2.40. The van der Waals surface area contributed by atoms with Crippen molar-refractivity contribution < 1.29 is 9.90 Å². The van der Waals surface area contributed by atoms with Gasteiger partial charge < -0.3 is 10.0 Å². The van der Waals surface area contributed by atoms with Gasteiger partial charge in [-0.25, -0.2) is 0 Å². The van der Waals surface area contributed by atoms with Crippen LogP contribution in [-0.4, -0.2) is 35.1 Å². The van der Waals surface area contributed by atoms with Crippen LogP contribution in [0.1, 0.15) is 41.9 Å². The third kappa shape index (κ3) is 3.11. The van der Waals surface area contributed by atoms with E-state index in [1.807, 2.05) is 24.0 Å². The second-order valence-corrected chi connectivity index (χ2v) is 6.30. The summed E-state index contributed by atoms with van der Waals surface area (Å²) in [5.41, 5.74) is 1.05. The summed E-state index contributed by atoms with van der Waals surface area (Å²) in [6.07, 6.45) is 1.82. The molecular weight excluding hydrogens is 282 g/mol. The number of thiophene rings is 1. The quantitative estimate of drug-likeness (QED) is 0.881. The largest absolute Gasteiger partial charge is 0.395 e. The molecule has 0 radical (unpaired) electrons. The average Bonchev–Trinajstić information content (AvgIpc) is 2.84. The van der Waals surface area contributed by atoms with Crippen LogP contribution in [-0.2, 0) is 0 Å². The van der Waals surface area contributed by atoms with Crippen LogP contribution < -0.4 is 0 Å². The van der Waals surface area contributed by atoms with Crippen molar-refractivity contribution in [2.75, 3.05) is 13.2 Å². The van der Waals surface area contributed by atoms with Gasteiger partial charge in [-0.05, 0) is 36.8 Å². The van der Waals surface area contributed by atoms with Gasteiger partial charge in [0, 0.05) is 17.3 Å². The number of carbonyl (C=O) groups excluding carboxylic acids is 1. The number of carbonyl (C=O) groups is 1. The van der Waals surface area contributed by atoms with Crippen LogP contribution in [0, 0.1) is 6.92 Å². The molecule has 1 aromatic carbocycles. The lowest BCUT2D eigenvalue weighted by Gasteiger charge is -2.29. The molecule has 4 heteroatoms. The first-order valence-corrected chi connectivity index (χ1v) is 8.35. The molecule has 0 unspecified atom stereocenters. The van der Waals surface area contributed by atoms with E-state index in [1.165, 1.54) is 0 Å². The number of aliphatic hydroxyl groups is 1. The van der Waals surface area contributed by atoms with E-state index >= 15 is 0 Å². The zero-order valence-electron chi connectivity index (χ0n) is 12.9. The Bertz CT molecular complexity index is 616. The van der Waals surface area contributed by atoms with Crippen molar-refractivity contribution in [2.45, 2.75) is 39.7 Å². The first kappa shape index (κ1) is 16.0. The third-order valence-corrected chi connectivity index (χ3v) is 5.28. The fourth-order valence-corrected chi connectivity index (χ4v) is 3.96. The Labute approximate surface area is 130 Å². The predicted molar refractivity (Wildman–Crippen MR) is 89.1 cm³/mol. The Morgan fingerprint density at radius 2 is 1.95 bits per heavy atom. The van der Waals surface area contributed by atoms with Gasteiger partial charge in [0.2, 0.25) is 0 Å². The molecule has 0 saturated heterocycles. The number of amides is 1. The summed E-state index contributed by atoms with van der Waals surface area (Å²) in [4.78, 5) is 15.5. The Morgan fingerprint density at radius 1 is 1.29 bits per heavy atom. The highest BCUT2D eigenvalue weighted by Gasteiger charge is 2.25. The first-order chi connectivity index (χ1) is 10.1. The van der Waals surface area contributed by atoms with Crippen molar-refractivity contribution in [1.29, 1.82) is 0 Å². The third-order valence-electron chi connectivity index (χ3n) is 4.02. The monoisotopic (exact) mass is 305 g/mol.